The van der Waals surface area contributed by atoms with E-state index in [1.54, 1.807) is 6.20 Å². The predicted octanol–water partition coefficient (Wildman–Crippen LogP) is 4.37. The van der Waals surface area contributed by atoms with E-state index < -0.39 is 5.60 Å². The maximum absolute atomic E-state index is 12.2. The lowest BCUT2D eigenvalue weighted by molar-refractivity contribution is -0.0930. The van der Waals surface area contributed by atoms with Gasteiger partial charge in [0.05, 0.1) is 23.4 Å². The molecule has 1 amide bonds. The van der Waals surface area contributed by atoms with Crippen molar-refractivity contribution >= 4 is 17.0 Å². The molecule has 5 rings (SSSR count). The highest BCUT2D eigenvalue weighted by molar-refractivity contribution is 5.83. The Morgan fingerprint density at radius 3 is 2.67 bits per heavy atom. The highest BCUT2D eigenvalue weighted by Gasteiger charge is 2.55. The number of fused-ring (bicyclic) bond motifs is 1. The Labute approximate surface area is 176 Å². The van der Waals surface area contributed by atoms with Gasteiger partial charge < -0.3 is 9.64 Å². The fourth-order valence-electron chi connectivity index (χ4n) is 4.74. The molecule has 2 fully saturated rings. The van der Waals surface area contributed by atoms with Crippen molar-refractivity contribution in [2.45, 2.75) is 52.2 Å². The first-order valence-electron chi connectivity index (χ1n) is 10.5. The second-order valence-electron chi connectivity index (χ2n) is 9.82. The number of carbonyl (C=O) groups excluding carboxylic acids is 1. The van der Waals surface area contributed by atoms with E-state index in [0.29, 0.717) is 6.04 Å². The van der Waals surface area contributed by atoms with Crippen LogP contribution in [0.25, 0.3) is 22.2 Å². The molecule has 30 heavy (non-hydrogen) atoms. The standard InChI is InChI=1S/C23H27N5O2/c1-15-9-20(16-5-6-19-17(10-16)7-8-24-25-19)26-28(15)18-11-23(12-18)13-27(14-23)21(29)30-22(2,3)4/h5-10,18H,11-14H2,1-4H3. The number of aromatic nitrogens is 4. The number of carbonyl (C=O) groups is 1. The van der Waals surface area contributed by atoms with Gasteiger partial charge in [0.1, 0.15) is 5.60 Å². The van der Waals surface area contributed by atoms with Crippen LogP contribution < -0.4 is 0 Å². The normalized spacial score (nSPS) is 18.3. The highest BCUT2D eigenvalue weighted by atomic mass is 16.6. The second kappa shape index (κ2) is 6.52. The molecule has 3 heterocycles. The summed E-state index contributed by atoms with van der Waals surface area (Å²) in [5.41, 5.74) is 3.92. The Hall–Kier alpha value is -2.96. The molecule has 0 radical (unpaired) electrons. The first kappa shape index (κ1) is 19.0. The fraction of sp³-hybridized carbons (Fsp3) is 0.478. The molecule has 156 valence electrons. The molecule has 7 heteroatoms. The third-order valence-electron chi connectivity index (χ3n) is 6.12. The van der Waals surface area contributed by atoms with E-state index in [1.165, 1.54) is 5.69 Å². The number of rotatable bonds is 2. The Bertz CT molecular complexity index is 1120. The van der Waals surface area contributed by atoms with E-state index in [2.05, 4.69) is 40.0 Å². The van der Waals surface area contributed by atoms with Gasteiger partial charge in [-0.25, -0.2) is 4.79 Å². The van der Waals surface area contributed by atoms with Gasteiger partial charge in [-0.3, -0.25) is 4.68 Å². The fourth-order valence-corrected chi connectivity index (χ4v) is 4.74. The number of amides is 1. The lowest BCUT2D eigenvalue weighted by Crippen LogP contribution is -2.64. The Balaban J connectivity index is 1.25. The van der Waals surface area contributed by atoms with Crippen molar-refractivity contribution in [3.05, 3.63) is 42.2 Å². The third kappa shape index (κ3) is 3.32. The molecule has 0 unspecified atom stereocenters. The molecule has 1 saturated heterocycles. The maximum atomic E-state index is 12.2. The lowest BCUT2D eigenvalue weighted by Gasteiger charge is -2.58. The molecular formula is C23H27N5O2. The van der Waals surface area contributed by atoms with Crippen molar-refractivity contribution in [3.63, 3.8) is 0 Å². The zero-order chi connectivity index (χ0) is 21.1. The van der Waals surface area contributed by atoms with Crippen LogP contribution in [0.4, 0.5) is 4.79 Å². The van der Waals surface area contributed by atoms with Crippen LogP contribution >= 0.6 is 0 Å². The molecule has 0 N–H and O–H groups in total. The number of hydrogen-bond donors (Lipinski definition) is 0. The molecule has 1 aliphatic carbocycles. The smallest absolute Gasteiger partial charge is 0.410 e. The van der Waals surface area contributed by atoms with Crippen molar-refractivity contribution in [1.29, 1.82) is 0 Å². The summed E-state index contributed by atoms with van der Waals surface area (Å²) in [4.78, 5) is 14.0. The van der Waals surface area contributed by atoms with Crippen molar-refractivity contribution in [2.75, 3.05) is 13.1 Å². The monoisotopic (exact) mass is 405 g/mol. The van der Waals surface area contributed by atoms with Gasteiger partial charge in [0.25, 0.3) is 0 Å². The summed E-state index contributed by atoms with van der Waals surface area (Å²) < 4.78 is 7.64. The quantitative estimate of drug-likeness (QED) is 0.633. The largest absolute Gasteiger partial charge is 0.444 e. The van der Waals surface area contributed by atoms with Crippen LogP contribution in [-0.2, 0) is 4.74 Å². The molecule has 7 nitrogen and oxygen atoms in total. The minimum atomic E-state index is -0.445. The summed E-state index contributed by atoms with van der Waals surface area (Å²) in [6.07, 6.45) is 3.63. The third-order valence-corrected chi connectivity index (χ3v) is 6.12. The first-order valence-corrected chi connectivity index (χ1v) is 10.5. The summed E-state index contributed by atoms with van der Waals surface area (Å²) >= 11 is 0. The van der Waals surface area contributed by atoms with E-state index in [0.717, 1.165) is 48.1 Å². The van der Waals surface area contributed by atoms with Crippen molar-refractivity contribution in [1.82, 2.24) is 24.9 Å². The molecule has 1 saturated carbocycles. The van der Waals surface area contributed by atoms with Crippen molar-refractivity contribution in [2.24, 2.45) is 5.41 Å². The topological polar surface area (TPSA) is 73.1 Å². The second-order valence-corrected chi connectivity index (χ2v) is 9.82. The van der Waals surface area contributed by atoms with Crippen LogP contribution in [0.5, 0.6) is 0 Å². The van der Waals surface area contributed by atoms with Crippen LogP contribution in [0.2, 0.25) is 0 Å². The molecule has 3 aromatic rings. The number of benzene rings is 1. The molecule has 2 aromatic heterocycles. The Morgan fingerprint density at radius 2 is 1.93 bits per heavy atom. The molecule has 0 bridgehead atoms. The van der Waals surface area contributed by atoms with Gasteiger partial charge in [-0.05, 0) is 64.8 Å². The summed E-state index contributed by atoms with van der Waals surface area (Å²) in [5, 5.41) is 14.1. The molecule has 2 aliphatic rings. The zero-order valence-corrected chi connectivity index (χ0v) is 17.9. The minimum absolute atomic E-state index is 0.199. The lowest BCUT2D eigenvalue weighted by atomic mass is 9.61. The van der Waals surface area contributed by atoms with E-state index >= 15 is 0 Å². The van der Waals surface area contributed by atoms with Gasteiger partial charge in [0, 0.05) is 35.1 Å². The van der Waals surface area contributed by atoms with Crippen LogP contribution in [0, 0.1) is 12.3 Å². The van der Waals surface area contributed by atoms with Gasteiger partial charge >= 0.3 is 6.09 Å². The van der Waals surface area contributed by atoms with Crippen LogP contribution in [0.1, 0.15) is 45.3 Å². The van der Waals surface area contributed by atoms with Gasteiger partial charge in [0.2, 0.25) is 0 Å². The average molecular weight is 406 g/mol. The summed E-state index contributed by atoms with van der Waals surface area (Å²) in [6, 6.07) is 10.7. The minimum Gasteiger partial charge on any atom is -0.444 e. The highest BCUT2D eigenvalue weighted by Crippen LogP contribution is 2.54. The van der Waals surface area contributed by atoms with Crippen LogP contribution in [0.3, 0.4) is 0 Å². The molecule has 1 aromatic carbocycles. The van der Waals surface area contributed by atoms with Gasteiger partial charge in [-0.15, -0.1) is 0 Å². The van der Waals surface area contributed by atoms with E-state index in [-0.39, 0.29) is 11.5 Å². The summed E-state index contributed by atoms with van der Waals surface area (Å²) in [5.74, 6) is 0. The molecular weight excluding hydrogens is 378 g/mol. The predicted molar refractivity (Wildman–Crippen MR) is 114 cm³/mol. The summed E-state index contributed by atoms with van der Waals surface area (Å²) in [6.45, 7) is 9.40. The number of ether oxygens (including phenoxy) is 1. The summed E-state index contributed by atoms with van der Waals surface area (Å²) in [7, 11) is 0. The van der Waals surface area contributed by atoms with E-state index in [4.69, 9.17) is 9.84 Å². The van der Waals surface area contributed by atoms with E-state index in [1.807, 2.05) is 37.8 Å². The SMILES string of the molecule is Cc1cc(-c2ccc3nnccc3c2)nn1C1CC2(C1)CN(C(=O)OC(C)(C)C)C2. The van der Waals surface area contributed by atoms with Gasteiger partial charge in [0.15, 0.2) is 0 Å². The van der Waals surface area contributed by atoms with Crippen molar-refractivity contribution in [3.8, 4) is 11.3 Å². The number of likely N-dealkylation sites (tertiary alicyclic amines) is 1. The van der Waals surface area contributed by atoms with E-state index in [9.17, 15) is 4.79 Å². The molecule has 0 atom stereocenters. The number of nitrogens with zero attached hydrogens (tertiary/aromatic N) is 5. The van der Waals surface area contributed by atoms with Crippen LogP contribution in [-0.4, -0.2) is 49.7 Å². The Kier molecular flexibility index (Phi) is 4.14. The molecule has 1 spiro atoms. The van der Waals surface area contributed by atoms with Crippen LogP contribution in [0.15, 0.2) is 36.5 Å². The maximum Gasteiger partial charge on any atom is 0.410 e. The van der Waals surface area contributed by atoms with Gasteiger partial charge in [-0.1, -0.05) is 6.07 Å². The van der Waals surface area contributed by atoms with Crippen molar-refractivity contribution < 1.29 is 9.53 Å². The Morgan fingerprint density at radius 1 is 1.17 bits per heavy atom. The first-order chi connectivity index (χ1) is 14.2. The number of aryl methyl sites for hydroxylation is 1. The number of hydrogen-bond acceptors (Lipinski definition) is 5. The average Bonchev–Trinajstić information content (AvgIpc) is 2.99. The molecule has 1 aliphatic heterocycles. The van der Waals surface area contributed by atoms with Gasteiger partial charge in [-0.2, -0.15) is 15.3 Å². The zero-order valence-electron chi connectivity index (χ0n) is 17.9.